The average Bonchev–Trinajstić information content (AvgIpc) is 2.92. The Bertz CT molecular complexity index is 760. The molecule has 2 aliphatic heterocycles. The molecule has 2 bridgehead atoms. The van der Waals surface area contributed by atoms with Crippen molar-refractivity contribution in [2.75, 3.05) is 11.4 Å². The second kappa shape index (κ2) is 4.38. The maximum atomic E-state index is 2.62. The van der Waals surface area contributed by atoms with Crippen molar-refractivity contribution in [2.24, 2.45) is 0 Å². The van der Waals surface area contributed by atoms with Crippen LogP contribution in [-0.2, 0) is 5.41 Å². The van der Waals surface area contributed by atoms with Crippen LogP contribution in [0.2, 0.25) is 0 Å². The van der Waals surface area contributed by atoms with Gasteiger partial charge in [0.2, 0.25) is 0 Å². The van der Waals surface area contributed by atoms with Crippen LogP contribution in [0.5, 0.6) is 0 Å². The smallest absolute Gasteiger partial charge is 0.0408 e. The third-order valence-corrected chi connectivity index (χ3v) is 6.17. The van der Waals surface area contributed by atoms with Crippen molar-refractivity contribution in [3.8, 4) is 0 Å². The lowest BCUT2D eigenvalue weighted by atomic mass is 9.67. The third-order valence-electron chi connectivity index (χ3n) is 6.17. The lowest BCUT2D eigenvalue weighted by molar-refractivity contribution is 0.434. The fraction of sp³-hybridized carbons (Fsp3) is 0.429. The Morgan fingerprint density at radius 2 is 1.82 bits per heavy atom. The van der Waals surface area contributed by atoms with Crippen molar-refractivity contribution < 1.29 is 0 Å². The average molecular weight is 291 g/mol. The Morgan fingerprint density at radius 1 is 1.09 bits per heavy atom. The first-order valence-corrected chi connectivity index (χ1v) is 8.37. The van der Waals surface area contributed by atoms with Crippen LogP contribution < -0.4 is 4.90 Å². The van der Waals surface area contributed by atoms with Gasteiger partial charge in [-0.3, -0.25) is 0 Å². The van der Waals surface area contributed by atoms with Crippen molar-refractivity contribution in [3.63, 3.8) is 0 Å². The number of hydrogen-bond acceptors (Lipinski definition) is 1. The fourth-order valence-corrected chi connectivity index (χ4v) is 5.07. The van der Waals surface area contributed by atoms with Crippen LogP contribution >= 0.6 is 0 Å². The van der Waals surface area contributed by atoms with Gasteiger partial charge in [0.05, 0.1) is 0 Å². The second-order valence-electron chi connectivity index (χ2n) is 7.58. The normalized spacial score (nSPS) is 29.0. The predicted molar refractivity (Wildman–Crippen MR) is 94.0 cm³/mol. The number of aryl methyl sites for hydroxylation is 2. The van der Waals surface area contributed by atoms with E-state index in [4.69, 9.17) is 0 Å². The standard InChI is InChI=1S/C21H25N/c1-13-10-14(2)15(3)17(11-13)20-16(4)22-12-21(20,5)18-8-6-7-9-19(18)22/h6-11,16,20H,12H2,1-5H3/t16-,20?,21?/m1/s1. The first kappa shape index (κ1) is 13.9. The number of hydrogen-bond donors (Lipinski definition) is 0. The summed E-state index contributed by atoms with van der Waals surface area (Å²) in [4.78, 5) is 2.62. The Balaban J connectivity index is 1.92. The van der Waals surface area contributed by atoms with Crippen LogP contribution in [0, 0.1) is 20.8 Å². The zero-order chi connectivity index (χ0) is 15.6. The highest BCUT2D eigenvalue weighted by molar-refractivity contribution is 5.69. The maximum Gasteiger partial charge on any atom is 0.0408 e. The third kappa shape index (κ3) is 1.60. The zero-order valence-corrected chi connectivity index (χ0v) is 14.3. The molecule has 22 heavy (non-hydrogen) atoms. The first-order valence-electron chi connectivity index (χ1n) is 8.37. The van der Waals surface area contributed by atoms with Gasteiger partial charge in [0.25, 0.3) is 0 Å². The number of anilines is 1. The van der Waals surface area contributed by atoms with E-state index in [0.29, 0.717) is 12.0 Å². The SMILES string of the molecule is Cc1cc(C)c(C)c(C2[C@@H](C)N3CC2(C)c2ccccc23)c1. The molecule has 0 aliphatic carbocycles. The molecule has 2 aliphatic rings. The summed E-state index contributed by atoms with van der Waals surface area (Å²) in [5.41, 5.74) is 9.09. The van der Waals surface area contributed by atoms with Crippen LogP contribution in [-0.4, -0.2) is 12.6 Å². The lowest BCUT2D eigenvalue weighted by Crippen LogP contribution is -2.35. The maximum absolute atomic E-state index is 2.62. The quantitative estimate of drug-likeness (QED) is 0.724. The molecule has 0 aromatic heterocycles. The Labute approximate surface area is 134 Å². The van der Waals surface area contributed by atoms with Crippen molar-refractivity contribution in [1.82, 2.24) is 0 Å². The van der Waals surface area contributed by atoms with E-state index >= 15 is 0 Å². The molecule has 3 atom stereocenters. The Morgan fingerprint density at radius 3 is 2.59 bits per heavy atom. The van der Waals surface area contributed by atoms with Gasteiger partial charge < -0.3 is 4.90 Å². The van der Waals surface area contributed by atoms with Crippen molar-refractivity contribution in [3.05, 3.63) is 64.2 Å². The van der Waals surface area contributed by atoms with Gasteiger partial charge in [0.15, 0.2) is 0 Å². The Hall–Kier alpha value is -1.76. The number of para-hydroxylation sites is 1. The van der Waals surface area contributed by atoms with E-state index in [9.17, 15) is 0 Å². The van der Waals surface area contributed by atoms with Gasteiger partial charge in [0.1, 0.15) is 0 Å². The highest BCUT2D eigenvalue weighted by Crippen LogP contribution is 2.58. The molecule has 1 heteroatoms. The monoisotopic (exact) mass is 291 g/mol. The summed E-state index contributed by atoms with van der Waals surface area (Å²) in [7, 11) is 0. The van der Waals surface area contributed by atoms with Crippen molar-refractivity contribution in [2.45, 2.75) is 52.0 Å². The van der Waals surface area contributed by atoms with Crippen LogP contribution in [0.4, 0.5) is 5.69 Å². The molecule has 0 amide bonds. The summed E-state index contributed by atoms with van der Waals surface area (Å²) >= 11 is 0. The molecule has 1 fully saturated rings. The molecule has 114 valence electrons. The van der Waals surface area contributed by atoms with Crippen molar-refractivity contribution in [1.29, 1.82) is 0 Å². The molecule has 4 rings (SSSR count). The van der Waals surface area contributed by atoms with Gasteiger partial charge in [0, 0.05) is 29.6 Å². The molecule has 0 N–H and O–H groups in total. The molecule has 1 saturated heterocycles. The summed E-state index contributed by atoms with van der Waals surface area (Å²) in [5.74, 6) is 0.584. The van der Waals surface area contributed by atoms with Gasteiger partial charge in [-0.15, -0.1) is 0 Å². The van der Waals surface area contributed by atoms with Crippen LogP contribution in [0.15, 0.2) is 36.4 Å². The second-order valence-corrected chi connectivity index (χ2v) is 7.58. The van der Waals surface area contributed by atoms with E-state index < -0.39 is 0 Å². The lowest BCUT2D eigenvalue weighted by Gasteiger charge is -2.38. The molecule has 2 aromatic rings. The minimum Gasteiger partial charge on any atom is -0.367 e. The molecule has 2 unspecified atom stereocenters. The van der Waals surface area contributed by atoms with Crippen LogP contribution in [0.1, 0.15) is 47.6 Å². The fourth-order valence-electron chi connectivity index (χ4n) is 5.07. The van der Waals surface area contributed by atoms with Gasteiger partial charge in [-0.2, -0.15) is 0 Å². The number of rotatable bonds is 1. The summed E-state index contributed by atoms with van der Waals surface area (Å²) in [6.07, 6.45) is 0. The largest absolute Gasteiger partial charge is 0.367 e. The van der Waals surface area contributed by atoms with E-state index in [1.165, 1.54) is 27.9 Å². The van der Waals surface area contributed by atoms with Gasteiger partial charge in [-0.05, 0) is 56.0 Å². The molecular formula is C21H25N. The molecular weight excluding hydrogens is 266 g/mol. The summed E-state index contributed by atoms with van der Waals surface area (Å²) in [6, 6.07) is 14.3. The minimum atomic E-state index is 0.237. The number of nitrogens with zero attached hydrogens (tertiary/aromatic N) is 1. The minimum absolute atomic E-state index is 0.237. The van der Waals surface area contributed by atoms with E-state index in [-0.39, 0.29) is 5.41 Å². The molecule has 2 heterocycles. The summed E-state index contributed by atoms with van der Waals surface area (Å²) in [5, 5.41) is 0. The summed E-state index contributed by atoms with van der Waals surface area (Å²) in [6.45, 7) is 12.8. The van der Waals surface area contributed by atoms with Crippen LogP contribution in [0.3, 0.4) is 0 Å². The number of benzene rings is 2. The molecule has 0 spiro atoms. The van der Waals surface area contributed by atoms with Gasteiger partial charge in [-0.1, -0.05) is 42.8 Å². The molecule has 2 aromatic carbocycles. The molecule has 0 radical (unpaired) electrons. The Kier molecular flexibility index (Phi) is 2.76. The highest BCUT2D eigenvalue weighted by Gasteiger charge is 2.55. The van der Waals surface area contributed by atoms with Crippen molar-refractivity contribution >= 4 is 5.69 Å². The summed E-state index contributed by atoms with van der Waals surface area (Å²) < 4.78 is 0. The highest BCUT2D eigenvalue weighted by atomic mass is 15.2. The first-order chi connectivity index (χ1) is 10.4. The molecule has 0 saturated carbocycles. The topological polar surface area (TPSA) is 3.24 Å². The van der Waals surface area contributed by atoms with E-state index in [2.05, 4.69) is 75.9 Å². The number of fused-ring (bicyclic) bond motifs is 5. The van der Waals surface area contributed by atoms with E-state index in [1.54, 1.807) is 5.56 Å². The zero-order valence-electron chi connectivity index (χ0n) is 14.3. The van der Waals surface area contributed by atoms with Crippen LogP contribution in [0.25, 0.3) is 0 Å². The van der Waals surface area contributed by atoms with E-state index in [0.717, 1.165) is 6.54 Å². The van der Waals surface area contributed by atoms with Gasteiger partial charge in [-0.25, -0.2) is 0 Å². The van der Waals surface area contributed by atoms with Gasteiger partial charge >= 0.3 is 0 Å². The van der Waals surface area contributed by atoms with E-state index in [1.807, 2.05) is 0 Å². The molecule has 1 nitrogen and oxygen atoms in total. The predicted octanol–water partition coefficient (Wildman–Crippen LogP) is 4.88.